The first-order valence-electron chi connectivity index (χ1n) is 9.62. The van der Waals surface area contributed by atoms with E-state index in [-0.39, 0.29) is 6.03 Å². The van der Waals surface area contributed by atoms with Gasteiger partial charge in [-0.1, -0.05) is 32.6 Å². The maximum absolute atomic E-state index is 12.0. The Balaban J connectivity index is 1.60. The summed E-state index contributed by atoms with van der Waals surface area (Å²) in [4.78, 5) is 16.8. The Bertz CT molecular complexity index is 375. The first kappa shape index (κ1) is 19.5. The van der Waals surface area contributed by atoms with Gasteiger partial charge in [0.05, 0.1) is 5.60 Å². The van der Waals surface area contributed by atoms with Crippen LogP contribution >= 0.6 is 0 Å². The van der Waals surface area contributed by atoms with Crippen LogP contribution in [0.25, 0.3) is 0 Å². The second-order valence-electron chi connectivity index (χ2n) is 7.91. The second-order valence-corrected chi connectivity index (χ2v) is 7.91. The molecule has 1 atom stereocenters. The molecule has 0 unspecified atom stereocenters. The van der Waals surface area contributed by atoms with Crippen LogP contribution in [0.15, 0.2) is 0 Å². The average Bonchev–Trinajstić information content (AvgIpc) is 2.78. The minimum atomic E-state index is -0.709. The van der Waals surface area contributed by atoms with E-state index in [0.717, 1.165) is 58.4 Å². The predicted octanol–water partition coefficient (Wildman–Crippen LogP) is 1.25. The number of hydrogen-bond donors (Lipinski definition) is 3. The molecular weight excluding hydrogens is 304 g/mol. The highest BCUT2D eigenvalue weighted by molar-refractivity contribution is 5.73. The summed E-state index contributed by atoms with van der Waals surface area (Å²) in [6.07, 6.45) is 6.10. The molecule has 1 saturated carbocycles. The molecule has 0 aromatic heterocycles. The third kappa shape index (κ3) is 6.95. The number of carbonyl (C=O) groups is 1. The smallest absolute Gasteiger partial charge is 0.314 e. The second kappa shape index (κ2) is 9.59. The molecule has 2 fully saturated rings. The van der Waals surface area contributed by atoms with Gasteiger partial charge in [-0.3, -0.25) is 0 Å². The van der Waals surface area contributed by atoms with Crippen LogP contribution in [0.2, 0.25) is 0 Å². The van der Waals surface area contributed by atoms with Crippen molar-refractivity contribution in [2.45, 2.75) is 51.0 Å². The van der Waals surface area contributed by atoms with Gasteiger partial charge >= 0.3 is 6.03 Å². The molecule has 2 amide bonds. The molecule has 1 saturated heterocycles. The molecule has 1 heterocycles. The summed E-state index contributed by atoms with van der Waals surface area (Å²) in [5.41, 5.74) is -0.709. The van der Waals surface area contributed by atoms with Crippen LogP contribution in [-0.4, -0.2) is 79.4 Å². The van der Waals surface area contributed by atoms with Crippen molar-refractivity contribution in [1.82, 2.24) is 20.4 Å². The van der Waals surface area contributed by atoms with Gasteiger partial charge in [0.25, 0.3) is 0 Å². The van der Waals surface area contributed by atoms with Crippen molar-refractivity contribution in [2.24, 2.45) is 5.92 Å². The monoisotopic (exact) mass is 340 g/mol. The molecule has 0 spiro atoms. The molecule has 0 bridgehead atoms. The van der Waals surface area contributed by atoms with Crippen molar-refractivity contribution >= 4 is 6.03 Å². The summed E-state index contributed by atoms with van der Waals surface area (Å²) in [6, 6.07) is -0.155. The van der Waals surface area contributed by atoms with Crippen LogP contribution in [0, 0.1) is 5.92 Å². The minimum absolute atomic E-state index is 0.155. The number of urea groups is 1. The number of amides is 2. The molecule has 6 heteroatoms. The number of rotatable bonds is 6. The largest absolute Gasteiger partial charge is 0.388 e. The fourth-order valence-corrected chi connectivity index (χ4v) is 3.67. The Morgan fingerprint density at radius 1 is 1.08 bits per heavy atom. The topological polar surface area (TPSA) is 67.8 Å². The summed E-state index contributed by atoms with van der Waals surface area (Å²) in [5.74, 6) is 0.431. The highest BCUT2D eigenvalue weighted by Gasteiger charge is 2.28. The number of nitrogens with one attached hydrogen (secondary N) is 2. The summed E-state index contributed by atoms with van der Waals surface area (Å²) in [5, 5.41) is 16.4. The maximum atomic E-state index is 12.0. The van der Waals surface area contributed by atoms with Crippen LogP contribution in [-0.2, 0) is 0 Å². The van der Waals surface area contributed by atoms with Gasteiger partial charge < -0.3 is 25.5 Å². The first-order chi connectivity index (χ1) is 11.5. The first-order valence-corrected chi connectivity index (χ1v) is 9.62. The fraction of sp³-hybridized carbons (Fsp3) is 0.944. The number of likely N-dealkylation sites (N-methyl/N-ethyl adjacent to an activating group) is 1. The molecule has 3 N–H and O–H groups in total. The van der Waals surface area contributed by atoms with Crippen LogP contribution < -0.4 is 10.6 Å². The van der Waals surface area contributed by atoms with Gasteiger partial charge in [-0.2, -0.15) is 0 Å². The average molecular weight is 341 g/mol. The van der Waals surface area contributed by atoms with Gasteiger partial charge in [-0.15, -0.1) is 0 Å². The van der Waals surface area contributed by atoms with E-state index in [0.29, 0.717) is 19.0 Å². The summed E-state index contributed by atoms with van der Waals surface area (Å²) in [7, 11) is 2.16. The number of carbonyl (C=O) groups excluding carboxylic acids is 1. The Kier molecular flexibility index (Phi) is 7.78. The number of aliphatic hydroxyl groups is 1. The highest BCUT2D eigenvalue weighted by Crippen LogP contribution is 2.26. The molecule has 24 heavy (non-hydrogen) atoms. The van der Waals surface area contributed by atoms with Gasteiger partial charge in [0, 0.05) is 45.8 Å². The van der Waals surface area contributed by atoms with Crippen molar-refractivity contribution in [3.05, 3.63) is 0 Å². The molecule has 0 aromatic carbocycles. The summed E-state index contributed by atoms with van der Waals surface area (Å²) >= 11 is 0. The van der Waals surface area contributed by atoms with Crippen LogP contribution in [0.5, 0.6) is 0 Å². The SMILES string of the molecule is C[C@H](CNC(=O)NCC1(O)CCCCCC1)CN1CCN(C)CC1. The number of nitrogens with zero attached hydrogens (tertiary/aromatic N) is 2. The van der Waals surface area contributed by atoms with Crippen molar-refractivity contribution in [3.63, 3.8) is 0 Å². The van der Waals surface area contributed by atoms with Crippen molar-refractivity contribution in [2.75, 3.05) is 52.9 Å². The number of piperazine rings is 1. The van der Waals surface area contributed by atoms with Crippen LogP contribution in [0.1, 0.15) is 45.4 Å². The molecule has 140 valence electrons. The molecule has 1 aliphatic carbocycles. The molecule has 2 aliphatic rings. The van der Waals surface area contributed by atoms with Crippen molar-refractivity contribution in [1.29, 1.82) is 0 Å². The van der Waals surface area contributed by atoms with E-state index in [1.54, 1.807) is 0 Å². The summed E-state index contributed by atoms with van der Waals surface area (Å²) < 4.78 is 0. The molecule has 0 radical (unpaired) electrons. The van der Waals surface area contributed by atoms with E-state index in [4.69, 9.17) is 0 Å². The predicted molar refractivity (Wildman–Crippen MR) is 97.2 cm³/mol. The molecule has 1 aliphatic heterocycles. The lowest BCUT2D eigenvalue weighted by Crippen LogP contribution is -2.49. The van der Waals surface area contributed by atoms with E-state index in [2.05, 4.69) is 34.4 Å². The lowest BCUT2D eigenvalue weighted by molar-refractivity contribution is 0.0276. The molecule has 6 nitrogen and oxygen atoms in total. The van der Waals surface area contributed by atoms with E-state index in [1.807, 2.05) is 0 Å². The molecular formula is C18H36N4O2. The third-order valence-corrected chi connectivity index (χ3v) is 5.39. The standard InChI is InChI=1S/C18H36N4O2/c1-16(14-22-11-9-21(2)10-12-22)13-19-17(23)20-15-18(24)7-5-3-4-6-8-18/h16,24H,3-15H2,1-2H3,(H2,19,20,23)/t16-/m1/s1. The van der Waals surface area contributed by atoms with E-state index in [9.17, 15) is 9.90 Å². The minimum Gasteiger partial charge on any atom is -0.388 e. The lowest BCUT2D eigenvalue weighted by atomic mass is 9.95. The molecule has 0 aromatic rings. The Morgan fingerprint density at radius 3 is 2.33 bits per heavy atom. The Labute approximate surface area is 147 Å². The normalized spacial score (nSPS) is 24.1. The zero-order valence-corrected chi connectivity index (χ0v) is 15.5. The third-order valence-electron chi connectivity index (χ3n) is 5.39. The van der Waals surface area contributed by atoms with Gasteiger partial charge in [-0.05, 0) is 25.8 Å². The van der Waals surface area contributed by atoms with Gasteiger partial charge in [-0.25, -0.2) is 4.79 Å². The lowest BCUT2D eigenvalue weighted by Gasteiger charge is -2.34. The zero-order chi connectivity index (χ0) is 17.4. The maximum Gasteiger partial charge on any atom is 0.314 e. The fourth-order valence-electron chi connectivity index (χ4n) is 3.67. The van der Waals surface area contributed by atoms with Crippen LogP contribution in [0.4, 0.5) is 4.79 Å². The molecule has 2 rings (SSSR count). The van der Waals surface area contributed by atoms with Gasteiger partial charge in [0.1, 0.15) is 0 Å². The van der Waals surface area contributed by atoms with E-state index in [1.165, 1.54) is 12.8 Å². The Morgan fingerprint density at radius 2 is 1.71 bits per heavy atom. The Hall–Kier alpha value is -0.850. The zero-order valence-electron chi connectivity index (χ0n) is 15.5. The van der Waals surface area contributed by atoms with E-state index < -0.39 is 5.60 Å². The van der Waals surface area contributed by atoms with Gasteiger partial charge in [0.15, 0.2) is 0 Å². The van der Waals surface area contributed by atoms with Crippen molar-refractivity contribution in [3.8, 4) is 0 Å². The number of hydrogen-bond acceptors (Lipinski definition) is 4. The van der Waals surface area contributed by atoms with Crippen LogP contribution in [0.3, 0.4) is 0 Å². The highest BCUT2D eigenvalue weighted by atomic mass is 16.3. The van der Waals surface area contributed by atoms with Crippen molar-refractivity contribution < 1.29 is 9.90 Å². The van der Waals surface area contributed by atoms with Gasteiger partial charge in [0.2, 0.25) is 0 Å². The van der Waals surface area contributed by atoms with E-state index >= 15 is 0 Å². The quantitative estimate of drug-likeness (QED) is 0.637. The summed E-state index contributed by atoms with van der Waals surface area (Å²) in [6.45, 7) is 8.72.